The van der Waals surface area contributed by atoms with Crippen molar-refractivity contribution in [3.05, 3.63) is 34.7 Å². The van der Waals surface area contributed by atoms with Gasteiger partial charge >= 0.3 is 5.69 Å². The summed E-state index contributed by atoms with van der Waals surface area (Å²) >= 11 is 0. The SMILES string of the molecule is Cn1c(=O)n(CCC2CC2)c2ccccc21. The van der Waals surface area contributed by atoms with Crippen LogP contribution >= 0.6 is 0 Å². The second-order valence-electron chi connectivity index (χ2n) is 4.71. The molecule has 1 aliphatic rings. The van der Waals surface area contributed by atoms with Gasteiger partial charge in [-0.2, -0.15) is 0 Å². The minimum absolute atomic E-state index is 0.113. The van der Waals surface area contributed by atoms with Crippen molar-refractivity contribution in [2.45, 2.75) is 25.8 Å². The summed E-state index contributed by atoms with van der Waals surface area (Å²) in [5.41, 5.74) is 2.21. The third-order valence-electron chi connectivity index (χ3n) is 3.51. The minimum atomic E-state index is 0.113. The molecule has 1 aromatic heterocycles. The zero-order valence-electron chi connectivity index (χ0n) is 9.52. The van der Waals surface area contributed by atoms with Gasteiger partial charge in [0, 0.05) is 13.6 Å². The van der Waals surface area contributed by atoms with E-state index < -0.39 is 0 Å². The van der Waals surface area contributed by atoms with Crippen LogP contribution < -0.4 is 5.69 Å². The number of fused-ring (bicyclic) bond motifs is 1. The monoisotopic (exact) mass is 216 g/mol. The van der Waals surface area contributed by atoms with Crippen molar-refractivity contribution in [1.82, 2.24) is 9.13 Å². The number of aromatic nitrogens is 2. The Kier molecular flexibility index (Phi) is 2.13. The predicted octanol–water partition coefficient (Wildman–Crippen LogP) is 2.14. The number of aryl methyl sites for hydroxylation is 2. The number of hydrogen-bond donors (Lipinski definition) is 0. The standard InChI is InChI=1S/C13H16N2O/c1-14-11-4-2-3-5-12(11)15(13(14)16)9-8-10-6-7-10/h2-5,10H,6-9H2,1H3. The number of para-hydroxylation sites is 2. The molecule has 1 aromatic carbocycles. The van der Waals surface area contributed by atoms with Crippen molar-refractivity contribution >= 4 is 11.0 Å². The van der Waals surface area contributed by atoms with E-state index in [0.717, 1.165) is 29.9 Å². The average molecular weight is 216 g/mol. The van der Waals surface area contributed by atoms with E-state index in [0.29, 0.717) is 0 Å². The number of hydrogen-bond acceptors (Lipinski definition) is 1. The second-order valence-corrected chi connectivity index (χ2v) is 4.71. The third kappa shape index (κ3) is 1.47. The zero-order chi connectivity index (χ0) is 11.1. The first-order valence-electron chi connectivity index (χ1n) is 5.91. The van der Waals surface area contributed by atoms with Crippen molar-refractivity contribution in [3.8, 4) is 0 Å². The van der Waals surface area contributed by atoms with Gasteiger partial charge in [-0.25, -0.2) is 4.79 Å². The fourth-order valence-corrected chi connectivity index (χ4v) is 2.30. The molecular weight excluding hydrogens is 200 g/mol. The summed E-state index contributed by atoms with van der Waals surface area (Å²) in [5, 5.41) is 0. The van der Waals surface area contributed by atoms with Gasteiger partial charge in [0.05, 0.1) is 11.0 Å². The van der Waals surface area contributed by atoms with Crippen LogP contribution in [0.3, 0.4) is 0 Å². The molecule has 3 rings (SSSR count). The molecule has 0 amide bonds. The van der Waals surface area contributed by atoms with E-state index in [1.807, 2.05) is 35.9 Å². The van der Waals surface area contributed by atoms with Gasteiger partial charge < -0.3 is 0 Å². The number of benzene rings is 1. The van der Waals surface area contributed by atoms with E-state index in [1.54, 1.807) is 4.57 Å². The van der Waals surface area contributed by atoms with Crippen molar-refractivity contribution < 1.29 is 0 Å². The van der Waals surface area contributed by atoms with E-state index >= 15 is 0 Å². The number of nitrogens with zero attached hydrogens (tertiary/aromatic N) is 2. The summed E-state index contributed by atoms with van der Waals surface area (Å²) in [6.45, 7) is 0.866. The topological polar surface area (TPSA) is 26.9 Å². The molecular formula is C13H16N2O. The second kappa shape index (κ2) is 3.51. The summed E-state index contributed by atoms with van der Waals surface area (Å²) in [6, 6.07) is 8.01. The Labute approximate surface area is 94.3 Å². The van der Waals surface area contributed by atoms with Crippen molar-refractivity contribution in [2.75, 3.05) is 0 Å². The van der Waals surface area contributed by atoms with Crippen LogP contribution in [0.4, 0.5) is 0 Å². The normalized spacial score (nSPS) is 15.8. The van der Waals surface area contributed by atoms with Crippen LogP contribution in [0.1, 0.15) is 19.3 Å². The molecule has 1 saturated carbocycles. The Bertz CT molecular complexity index is 575. The van der Waals surface area contributed by atoms with Crippen LogP contribution in [0.25, 0.3) is 11.0 Å². The van der Waals surface area contributed by atoms with E-state index in [4.69, 9.17) is 0 Å². The van der Waals surface area contributed by atoms with Gasteiger partial charge in [-0.1, -0.05) is 25.0 Å². The molecule has 1 aliphatic carbocycles. The average Bonchev–Trinajstić information content (AvgIpc) is 3.09. The maximum atomic E-state index is 12.0. The first-order valence-corrected chi connectivity index (χ1v) is 5.91. The third-order valence-corrected chi connectivity index (χ3v) is 3.51. The van der Waals surface area contributed by atoms with Crippen molar-refractivity contribution in [1.29, 1.82) is 0 Å². The quantitative estimate of drug-likeness (QED) is 0.772. The van der Waals surface area contributed by atoms with Gasteiger partial charge in [-0.3, -0.25) is 9.13 Å². The molecule has 16 heavy (non-hydrogen) atoms. The van der Waals surface area contributed by atoms with E-state index in [-0.39, 0.29) is 5.69 Å². The van der Waals surface area contributed by atoms with E-state index in [1.165, 1.54) is 12.8 Å². The highest BCUT2D eigenvalue weighted by molar-refractivity contribution is 5.75. The first-order chi connectivity index (χ1) is 7.77. The van der Waals surface area contributed by atoms with Gasteiger partial charge in [0.2, 0.25) is 0 Å². The van der Waals surface area contributed by atoms with Crippen LogP contribution in [0.2, 0.25) is 0 Å². The van der Waals surface area contributed by atoms with Crippen molar-refractivity contribution in [2.24, 2.45) is 13.0 Å². The summed E-state index contributed by atoms with van der Waals surface area (Å²) < 4.78 is 3.65. The molecule has 0 radical (unpaired) electrons. The highest BCUT2D eigenvalue weighted by Crippen LogP contribution is 2.32. The molecule has 0 saturated heterocycles. The number of imidazole rings is 1. The fourth-order valence-electron chi connectivity index (χ4n) is 2.30. The molecule has 84 valence electrons. The van der Waals surface area contributed by atoms with Gasteiger partial charge in [-0.05, 0) is 24.5 Å². The van der Waals surface area contributed by atoms with E-state index in [9.17, 15) is 4.79 Å². The smallest absolute Gasteiger partial charge is 0.295 e. The highest BCUT2D eigenvalue weighted by Gasteiger charge is 2.21. The fraction of sp³-hybridized carbons (Fsp3) is 0.462. The lowest BCUT2D eigenvalue weighted by molar-refractivity contribution is 0.584. The first kappa shape index (κ1) is 9.70. The lowest BCUT2D eigenvalue weighted by Gasteiger charge is -2.01. The van der Waals surface area contributed by atoms with Gasteiger partial charge in [-0.15, -0.1) is 0 Å². The minimum Gasteiger partial charge on any atom is -0.295 e. The molecule has 1 heterocycles. The summed E-state index contributed by atoms with van der Waals surface area (Å²) in [6.07, 6.45) is 3.84. The van der Waals surface area contributed by atoms with Crippen LogP contribution in [-0.2, 0) is 13.6 Å². The molecule has 0 aliphatic heterocycles. The molecule has 3 nitrogen and oxygen atoms in total. The van der Waals surface area contributed by atoms with Crippen LogP contribution in [0.5, 0.6) is 0 Å². The largest absolute Gasteiger partial charge is 0.328 e. The highest BCUT2D eigenvalue weighted by atomic mass is 16.1. The lowest BCUT2D eigenvalue weighted by atomic mass is 10.3. The Morgan fingerprint density at radius 1 is 1.25 bits per heavy atom. The molecule has 0 bridgehead atoms. The Morgan fingerprint density at radius 2 is 1.94 bits per heavy atom. The predicted molar refractivity (Wildman–Crippen MR) is 64.5 cm³/mol. The Morgan fingerprint density at radius 3 is 2.62 bits per heavy atom. The molecule has 0 spiro atoms. The molecule has 0 N–H and O–H groups in total. The Balaban J connectivity index is 2.07. The zero-order valence-corrected chi connectivity index (χ0v) is 9.52. The van der Waals surface area contributed by atoms with Crippen molar-refractivity contribution in [3.63, 3.8) is 0 Å². The van der Waals surface area contributed by atoms with Crippen LogP contribution in [-0.4, -0.2) is 9.13 Å². The van der Waals surface area contributed by atoms with Gasteiger partial charge in [0.15, 0.2) is 0 Å². The molecule has 0 atom stereocenters. The summed E-state index contributed by atoms with van der Waals surface area (Å²) in [4.78, 5) is 12.0. The van der Waals surface area contributed by atoms with Crippen LogP contribution in [0.15, 0.2) is 29.1 Å². The molecule has 0 unspecified atom stereocenters. The molecule has 3 heteroatoms. The van der Waals surface area contributed by atoms with Gasteiger partial charge in [0.25, 0.3) is 0 Å². The van der Waals surface area contributed by atoms with Gasteiger partial charge in [0.1, 0.15) is 0 Å². The summed E-state index contributed by atoms with van der Waals surface area (Å²) in [5.74, 6) is 0.867. The molecule has 2 aromatic rings. The van der Waals surface area contributed by atoms with E-state index in [2.05, 4.69) is 0 Å². The molecule has 1 fully saturated rings. The van der Waals surface area contributed by atoms with Crippen LogP contribution in [0, 0.1) is 5.92 Å². The lowest BCUT2D eigenvalue weighted by Crippen LogP contribution is -2.22. The Hall–Kier alpha value is -1.51. The maximum Gasteiger partial charge on any atom is 0.328 e. The maximum absolute atomic E-state index is 12.0. The number of rotatable bonds is 3. The summed E-state index contributed by atoms with van der Waals surface area (Å²) in [7, 11) is 1.85.